The Hall–Kier alpha value is -0.710. The van der Waals surface area contributed by atoms with Crippen molar-refractivity contribution >= 4 is 24.5 Å². The monoisotopic (exact) mass is 320 g/mol. The molecule has 0 radical (unpaired) electrons. The van der Waals surface area contributed by atoms with Gasteiger partial charge in [-0.15, -0.1) is 4.99 Å². The predicted molar refractivity (Wildman–Crippen MR) is 80.0 cm³/mol. The summed E-state index contributed by atoms with van der Waals surface area (Å²) in [6.07, 6.45) is 3.72. The molecule has 1 fully saturated rings. The number of likely N-dealkylation sites (N-methyl/N-ethyl adjacent to an activating group) is 1. The number of nitriles is 1. The summed E-state index contributed by atoms with van der Waals surface area (Å²) in [7, 11) is 0. The van der Waals surface area contributed by atoms with Gasteiger partial charge in [-0.05, 0) is 32.1 Å². The van der Waals surface area contributed by atoms with E-state index < -0.39 is 6.72 Å². The van der Waals surface area contributed by atoms with Gasteiger partial charge in [0.1, 0.15) is 0 Å². The van der Waals surface area contributed by atoms with Crippen LogP contribution in [-0.2, 0) is 21.0 Å². The zero-order valence-electron chi connectivity index (χ0n) is 12.0. The minimum absolute atomic E-state index is 0.189. The van der Waals surface area contributed by atoms with Crippen LogP contribution in [0.25, 0.3) is 0 Å². The molecule has 0 aromatic rings. The first kappa shape index (κ1) is 17.3. The maximum absolute atomic E-state index is 9.92. The van der Waals surface area contributed by atoms with Crippen LogP contribution < -0.4 is 0 Å². The zero-order chi connectivity index (χ0) is 15.2. The molecule has 9 heteroatoms. The third kappa shape index (κ3) is 4.40. The van der Waals surface area contributed by atoms with Crippen molar-refractivity contribution in [3.05, 3.63) is 0 Å². The zero-order valence-corrected chi connectivity index (χ0v) is 13.7. The van der Waals surface area contributed by atoms with Gasteiger partial charge in [0.2, 0.25) is 12.2 Å². The van der Waals surface area contributed by atoms with Crippen molar-refractivity contribution in [1.82, 2.24) is 9.96 Å². The van der Waals surface area contributed by atoms with Gasteiger partial charge in [0.05, 0.1) is 19.2 Å². The van der Waals surface area contributed by atoms with Gasteiger partial charge < -0.3 is 14.3 Å². The highest BCUT2D eigenvalue weighted by atomic mass is 32.5. The van der Waals surface area contributed by atoms with Crippen molar-refractivity contribution in [2.45, 2.75) is 39.7 Å². The Morgan fingerprint density at radius 2 is 2.25 bits per heavy atom. The maximum Gasteiger partial charge on any atom is 0.346 e. The molecule has 1 rings (SSSR count). The fourth-order valence-corrected chi connectivity index (χ4v) is 3.52. The smallest absolute Gasteiger partial charge is 0.336 e. The van der Waals surface area contributed by atoms with E-state index in [0.717, 1.165) is 12.8 Å². The van der Waals surface area contributed by atoms with E-state index in [1.165, 1.54) is 5.06 Å². The van der Waals surface area contributed by atoms with Gasteiger partial charge in [0, 0.05) is 6.54 Å². The number of guanidine groups is 1. The lowest BCUT2D eigenvalue weighted by molar-refractivity contribution is 0.00378. The summed E-state index contributed by atoms with van der Waals surface area (Å²) in [5.74, 6) is 0.386. The summed E-state index contributed by atoms with van der Waals surface area (Å²) in [5, 5.41) is 10.2. The number of aliphatic imine (C=N–C) groups is 1. The lowest BCUT2D eigenvalue weighted by atomic mass is 10.1. The Morgan fingerprint density at radius 3 is 2.75 bits per heavy atom. The minimum atomic E-state index is -3.34. The summed E-state index contributed by atoms with van der Waals surface area (Å²) in [6.45, 7) is 3.94. The van der Waals surface area contributed by atoms with E-state index in [0.29, 0.717) is 19.0 Å². The van der Waals surface area contributed by atoms with Crippen molar-refractivity contribution in [1.29, 1.82) is 5.26 Å². The van der Waals surface area contributed by atoms with Gasteiger partial charge in [-0.25, -0.2) is 5.06 Å². The van der Waals surface area contributed by atoms with Crippen molar-refractivity contribution < 1.29 is 14.0 Å². The Labute approximate surface area is 125 Å². The Morgan fingerprint density at radius 1 is 1.55 bits per heavy atom. The lowest BCUT2D eigenvalue weighted by Crippen LogP contribution is -2.35. The summed E-state index contributed by atoms with van der Waals surface area (Å²) in [6, 6.07) is 0.189. The fourth-order valence-electron chi connectivity index (χ4n) is 2.20. The topological polar surface area (TPSA) is 81.3 Å². The number of hydroxylamine groups is 2. The summed E-state index contributed by atoms with van der Waals surface area (Å²) >= 11 is 4.92. The minimum Gasteiger partial charge on any atom is -0.336 e. The predicted octanol–water partition coefficient (Wildman–Crippen LogP) is 1.81. The normalized spacial score (nSPS) is 23.9. The van der Waals surface area contributed by atoms with Crippen molar-refractivity contribution in [3.63, 3.8) is 0 Å². The molecule has 2 unspecified atom stereocenters. The van der Waals surface area contributed by atoms with E-state index in [2.05, 4.69) is 11.9 Å². The van der Waals surface area contributed by atoms with E-state index in [1.807, 2.05) is 11.8 Å². The van der Waals surface area contributed by atoms with E-state index in [4.69, 9.17) is 26.2 Å². The number of hydrogen-bond acceptors (Lipinski definition) is 5. The number of hydrogen-bond donors (Lipinski definition) is 1. The van der Waals surface area contributed by atoms with Crippen LogP contribution in [-0.4, -0.2) is 46.6 Å². The van der Waals surface area contributed by atoms with Gasteiger partial charge in [-0.1, -0.05) is 13.3 Å². The van der Waals surface area contributed by atoms with E-state index in [-0.39, 0.29) is 12.6 Å². The molecule has 0 aromatic carbocycles. The fraction of sp³-hybridized carbons (Fsp3) is 0.818. The average molecular weight is 320 g/mol. The second kappa shape index (κ2) is 7.91. The lowest BCUT2D eigenvalue weighted by Gasteiger charge is -2.24. The highest BCUT2D eigenvalue weighted by Crippen LogP contribution is 2.45. The molecule has 114 valence electrons. The summed E-state index contributed by atoms with van der Waals surface area (Å²) in [5.41, 5.74) is 0. The van der Waals surface area contributed by atoms with Crippen LogP contribution in [0.1, 0.15) is 33.6 Å². The Balaban J connectivity index is 2.92. The van der Waals surface area contributed by atoms with Crippen LogP contribution in [0.5, 0.6) is 0 Å². The number of rotatable bonds is 7. The molecule has 0 amide bonds. The van der Waals surface area contributed by atoms with Gasteiger partial charge >= 0.3 is 6.72 Å². The molecule has 2 atom stereocenters. The van der Waals surface area contributed by atoms with Crippen LogP contribution in [0, 0.1) is 11.5 Å². The molecule has 0 aliphatic carbocycles. The van der Waals surface area contributed by atoms with Crippen LogP contribution in [0.15, 0.2) is 4.99 Å². The van der Waals surface area contributed by atoms with Crippen molar-refractivity contribution in [2.75, 3.05) is 19.7 Å². The van der Waals surface area contributed by atoms with Gasteiger partial charge in [-0.3, -0.25) is 0 Å². The van der Waals surface area contributed by atoms with Gasteiger partial charge in [-0.2, -0.15) is 9.89 Å². The Bertz CT molecular complexity index is 440. The molecule has 0 saturated carbocycles. The average Bonchev–Trinajstić information content (AvgIpc) is 2.67. The SMILES string of the molecule is CCCC1CN(OP(O)(=S)OCC)C(=NC#N)N1CC. The Kier molecular flexibility index (Phi) is 6.86. The molecule has 0 bridgehead atoms. The summed E-state index contributed by atoms with van der Waals surface area (Å²) in [4.78, 5) is 15.7. The third-order valence-corrected chi connectivity index (χ3v) is 4.41. The first-order valence-electron chi connectivity index (χ1n) is 6.67. The largest absolute Gasteiger partial charge is 0.346 e. The van der Waals surface area contributed by atoms with E-state index in [9.17, 15) is 4.89 Å². The maximum atomic E-state index is 9.92. The van der Waals surface area contributed by atoms with E-state index in [1.54, 1.807) is 13.1 Å². The molecule has 1 aliphatic heterocycles. The highest BCUT2D eigenvalue weighted by molar-refractivity contribution is 8.07. The standard InChI is InChI=1S/C11H21N4O3PS/c1-4-7-10-8-15(18-19(16,20)17-6-3)11(13-9-12)14(10)5-2/h10H,4-8H2,1-3H3,(H,16,20). The first-order chi connectivity index (χ1) is 9.49. The van der Waals surface area contributed by atoms with Crippen molar-refractivity contribution in [3.8, 4) is 6.19 Å². The quantitative estimate of drug-likeness (QED) is 0.566. The summed E-state index contributed by atoms with van der Waals surface area (Å²) < 4.78 is 10.4. The molecule has 1 heterocycles. The first-order valence-corrected chi connectivity index (χ1v) is 9.26. The van der Waals surface area contributed by atoms with Crippen LogP contribution in [0.3, 0.4) is 0 Å². The molecule has 1 saturated heterocycles. The van der Waals surface area contributed by atoms with Gasteiger partial charge in [0.25, 0.3) is 0 Å². The van der Waals surface area contributed by atoms with Crippen molar-refractivity contribution in [2.24, 2.45) is 4.99 Å². The second-order valence-electron chi connectivity index (χ2n) is 4.27. The molecule has 1 aliphatic rings. The molecule has 0 spiro atoms. The van der Waals surface area contributed by atoms with Crippen LogP contribution >= 0.6 is 6.72 Å². The molecule has 7 nitrogen and oxygen atoms in total. The molecule has 20 heavy (non-hydrogen) atoms. The van der Waals surface area contributed by atoms with Crippen LogP contribution in [0.2, 0.25) is 0 Å². The molecular formula is C11H21N4O3PS. The number of nitrogens with zero attached hydrogens (tertiary/aromatic N) is 4. The van der Waals surface area contributed by atoms with Gasteiger partial charge in [0.15, 0.2) is 0 Å². The van der Waals surface area contributed by atoms with E-state index >= 15 is 0 Å². The van der Waals surface area contributed by atoms with Crippen LogP contribution in [0.4, 0.5) is 0 Å². The highest BCUT2D eigenvalue weighted by Gasteiger charge is 2.37. The molecular weight excluding hydrogens is 299 g/mol. The molecule has 0 aromatic heterocycles. The third-order valence-electron chi connectivity index (χ3n) is 2.90. The second-order valence-corrected chi connectivity index (χ2v) is 7.01. The molecule has 1 N–H and O–H groups in total.